The van der Waals surface area contributed by atoms with Gasteiger partial charge in [0.2, 0.25) is 0 Å². The Kier molecular flexibility index (Phi) is 5.79. The molecule has 102 valence electrons. The van der Waals surface area contributed by atoms with Crippen molar-refractivity contribution in [3.63, 3.8) is 0 Å². The maximum absolute atomic E-state index is 8.68. The molecule has 0 amide bonds. The van der Waals surface area contributed by atoms with Crippen molar-refractivity contribution in [2.24, 2.45) is 0 Å². The number of hydrogen-bond acceptors (Lipinski definition) is 3. The lowest BCUT2D eigenvalue weighted by Crippen LogP contribution is -2.14. The molecule has 0 fully saturated rings. The van der Waals surface area contributed by atoms with Crippen molar-refractivity contribution < 1.29 is 5.11 Å². The fourth-order valence-electron chi connectivity index (χ4n) is 2.19. The lowest BCUT2D eigenvalue weighted by molar-refractivity contribution is 0.282. The molecule has 2 N–H and O–H groups in total. The molecule has 0 saturated carbocycles. The van der Waals surface area contributed by atoms with Crippen LogP contribution in [0.5, 0.6) is 0 Å². The molecular weight excluding hydrogens is 236 g/mol. The van der Waals surface area contributed by atoms with E-state index < -0.39 is 0 Å². The molecule has 0 radical (unpaired) electrons. The lowest BCUT2D eigenvalue weighted by atomic mass is 10.1. The monoisotopic (exact) mass is 258 g/mol. The highest BCUT2D eigenvalue weighted by atomic mass is 16.2. The first-order valence-corrected chi connectivity index (χ1v) is 7.04. The van der Waals surface area contributed by atoms with E-state index in [1.807, 2.05) is 18.5 Å². The Labute approximate surface area is 114 Å². The van der Waals surface area contributed by atoms with Gasteiger partial charge in [-0.2, -0.15) is 0 Å². The highest BCUT2D eigenvalue weighted by molar-refractivity contribution is 5.81. The molecule has 0 aliphatic rings. The Morgan fingerprint density at radius 3 is 2.79 bits per heavy atom. The Bertz CT molecular complexity index is 499. The summed E-state index contributed by atoms with van der Waals surface area (Å²) in [5.41, 5.74) is 1.31. The van der Waals surface area contributed by atoms with Crippen LogP contribution in [-0.4, -0.2) is 23.2 Å². The van der Waals surface area contributed by atoms with Crippen LogP contribution in [0.25, 0.3) is 10.8 Å². The second-order valence-corrected chi connectivity index (χ2v) is 4.87. The topological polar surface area (TPSA) is 45.1 Å². The zero-order valence-corrected chi connectivity index (χ0v) is 11.3. The maximum Gasteiger partial charge on any atom is 0.0431 e. The summed E-state index contributed by atoms with van der Waals surface area (Å²) in [6.45, 7) is 2.28. The SMILES string of the molecule is OCCCCCCNCc1ccc2cnccc2c1. The number of fused-ring (bicyclic) bond motifs is 1. The van der Waals surface area contributed by atoms with Gasteiger partial charge < -0.3 is 10.4 Å². The van der Waals surface area contributed by atoms with Crippen LogP contribution in [0.1, 0.15) is 31.2 Å². The van der Waals surface area contributed by atoms with Gasteiger partial charge in [0.15, 0.2) is 0 Å². The molecule has 1 heterocycles. The smallest absolute Gasteiger partial charge is 0.0431 e. The van der Waals surface area contributed by atoms with Gasteiger partial charge in [0, 0.05) is 30.9 Å². The molecule has 0 spiro atoms. The minimum atomic E-state index is 0.319. The molecule has 3 heteroatoms. The first-order valence-electron chi connectivity index (χ1n) is 7.04. The van der Waals surface area contributed by atoms with E-state index in [1.165, 1.54) is 29.2 Å². The molecule has 0 saturated heterocycles. The normalized spacial score (nSPS) is 11.0. The van der Waals surface area contributed by atoms with Gasteiger partial charge in [-0.05, 0) is 42.5 Å². The zero-order chi connectivity index (χ0) is 13.3. The van der Waals surface area contributed by atoms with Crippen LogP contribution in [0.4, 0.5) is 0 Å². The van der Waals surface area contributed by atoms with Crippen molar-refractivity contribution in [2.45, 2.75) is 32.2 Å². The number of aliphatic hydroxyl groups is 1. The molecule has 1 aromatic heterocycles. The highest BCUT2D eigenvalue weighted by Crippen LogP contribution is 2.14. The van der Waals surface area contributed by atoms with Gasteiger partial charge in [-0.3, -0.25) is 4.98 Å². The predicted molar refractivity (Wildman–Crippen MR) is 79.0 cm³/mol. The molecule has 3 nitrogen and oxygen atoms in total. The molecule has 0 aliphatic heterocycles. The quantitative estimate of drug-likeness (QED) is 0.716. The van der Waals surface area contributed by atoms with Crippen molar-refractivity contribution in [3.05, 3.63) is 42.2 Å². The molecule has 0 unspecified atom stereocenters. The Morgan fingerprint density at radius 2 is 1.89 bits per heavy atom. The van der Waals surface area contributed by atoms with Gasteiger partial charge in [0.1, 0.15) is 0 Å². The largest absolute Gasteiger partial charge is 0.396 e. The predicted octanol–water partition coefficient (Wildman–Crippen LogP) is 2.88. The van der Waals surface area contributed by atoms with E-state index in [-0.39, 0.29) is 0 Å². The molecule has 1 aromatic carbocycles. The number of aromatic nitrogens is 1. The van der Waals surface area contributed by atoms with Crippen LogP contribution in [0.2, 0.25) is 0 Å². The summed E-state index contributed by atoms with van der Waals surface area (Å²) in [6.07, 6.45) is 8.16. The Hall–Kier alpha value is -1.45. The average Bonchev–Trinajstić information content (AvgIpc) is 2.46. The third-order valence-electron chi connectivity index (χ3n) is 3.30. The molecule has 0 aliphatic carbocycles. The van der Waals surface area contributed by atoms with Gasteiger partial charge in [0.05, 0.1) is 0 Å². The number of nitrogens with zero attached hydrogens (tertiary/aromatic N) is 1. The van der Waals surface area contributed by atoms with Crippen LogP contribution >= 0.6 is 0 Å². The first kappa shape index (κ1) is 14.0. The van der Waals surface area contributed by atoms with E-state index in [4.69, 9.17) is 5.11 Å². The number of benzene rings is 1. The lowest BCUT2D eigenvalue weighted by Gasteiger charge is -2.06. The zero-order valence-electron chi connectivity index (χ0n) is 11.3. The van der Waals surface area contributed by atoms with Crippen LogP contribution in [0.3, 0.4) is 0 Å². The standard InChI is InChI=1S/C16H22N2O/c19-10-4-2-1-3-8-17-12-14-5-6-16-13-18-9-7-15(16)11-14/h5-7,9,11,13,17,19H,1-4,8,10,12H2. The minimum absolute atomic E-state index is 0.319. The fraction of sp³-hybridized carbons (Fsp3) is 0.438. The number of unbranched alkanes of at least 4 members (excludes halogenated alkanes) is 3. The van der Waals surface area contributed by atoms with Crippen molar-refractivity contribution in [1.29, 1.82) is 0 Å². The first-order chi connectivity index (χ1) is 9.40. The second kappa shape index (κ2) is 7.87. The van der Waals surface area contributed by atoms with Gasteiger partial charge in [-0.1, -0.05) is 25.0 Å². The minimum Gasteiger partial charge on any atom is -0.396 e. The number of hydrogen-bond donors (Lipinski definition) is 2. The molecule has 0 bridgehead atoms. The molecule has 2 rings (SSSR count). The number of nitrogens with one attached hydrogen (secondary N) is 1. The Balaban J connectivity index is 1.72. The number of aliphatic hydroxyl groups excluding tert-OH is 1. The van der Waals surface area contributed by atoms with Crippen LogP contribution in [0.15, 0.2) is 36.7 Å². The summed E-state index contributed by atoms with van der Waals surface area (Å²) in [5.74, 6) is 0. The summed E-state index contributed by atoms with van der Waals surface area (Å²) in [7, 11) is 0. The molecule has 0 atom stereocenters. The van der Waals surface area contributed by atoms with E-state index in [0.717, 1.165) is 25.9 Å². The summed E-state index contributed by atoms with van der Waals surface area (Å²) in [5, 5.41) is 14.6. The van der Waals surface area contributed by atoms with E-state index in [2.05, 4.69) is 28.5 Å². The summed E-state index contributed by atoms with van der Waals surface area (Å²) < 4.78 is 0. The van der Waals surface area contributed by atoms with Gasteiger partial charge in [0.25, 0.3) is 0 Å². The van der Waals surface area contributed by atoms with E-state index in [1.54, 1.807) is 0 Å². The third kappa shape index (κ3) is 4.62. The fourth-order valence-corrected chi connectivity index (χ4v) is 2.19. The average molecular weight is 258 g/mol. The summed E-state index contributed by atoms with van der Waals surface area (Å²) >= 11 is 0. The Morgan fingerprint density at radius 1 is 1.00 bits per heavy atom. The van der Waals surface area contributed by atoms with Gasteiger partial charge in [-0.15, -0.1) is 0 Å². The highest BCUT2D eigenvalue weighted by Gasteiger charge is 1.96. The second-order valence-electron chi connectivity index (χ2n) is 4.87. The molecule has 2 aromatic rings. The third-order valence-corrected chi connectivity index (χ3v) is 3.30. The maximum atomic E-state index is 8.68. The van der Waals surface area contributed by atoms with E-state index >= 15 is 0 Å². The van der Waals surface area contributed by atoms with Crippen LogP contribution < -0.4 is 5.32 Å². The number of rotatable bonds is 8. The van der Waals surface area contributed by atoms with Crippen molar-refractivity contribution in [1.82, 2.24) is 10.3 Å². The van der Waals surface area contributed by atoms with Gasteiger partial charge >= 0.3 is 0 Å². The van der Waals surface area contributed by atoms with Crippen molar-refractivity contribution >= 4 is 10.8 Å². The van der Waals surface area contributed by atoms with E-state index in [9.17, 15) is 0 Å². The molecule has 19 heavy (non-hydrogen) atoms. The van der Waals surface area contributed by atoms with Gasteiger partial charge in [-0.25, -0.2) is 0 Å². The summed E-state index contributed by atoms with van der Waals surface area (Å²) in [4.78, 5) is 4.12. The van der Waals surface area contributed by atoms with Crippen molar-refractivity contribution in [2.75, 3.05) is 13.2 Å². The van der Waals surface area contributed by atoms with E-state index in [0.29, 0.717) is 6.61 Å². The summed E-state index contributed by atoms with van der Waals surface area (Å²) in [6, 6.07) is 8.55. The van der Waals surface area contributed by atoms with Crippen LogP contribution in [0, 0.1) is 0 Å². The number of pyridine rings is 1. The van der Waals surface area contributed by atoms with Crippen molar-refractivity contribution in [3.8, 4) is 0 Å². The molecular formula is C16H22N2O. The van der Waals surface area contributed by atoms with Crippen LogP contribution in [-0.2, 0) is 6.54 Å².